The Morgan fingerprint density at radius 3 is 2.76 bits per heavy atom. The van der Waals surface area contributed by atoms with E-state index < -0.39 is 5.97 Å². The Morgan fingerprint density at radius 2 is 1.97 bits per heavy atom. The summed E-state index contributed by atoms with van der Waals surface area (Å²) >= 11 is 0. The van der Waals surface area contributed by atoms with Crippen LogP contribution in [0.2, 0.25) is 0 Å². The van der Waals surface area contributed by atoms with Gasteiger partial charge in [0.1, 0.15) is 12.0 Å². The quantitative estimate of drug-likeness (QED) is 0.674. The Hall–Kier alpha value is -2.56. The number of carboxylic acid groups (broad SMARTS) is 1. The fourth-order valence-electron chi connectivity index (χ4n) is 5.36. The molecule has 0 saturated heterocycles. The molecule has 1 aromatic rings. The molecule has 0 amide bonds. The van der Waals surface area contributed by atoms with Crippen LogP contribution in [-0.4, -0.2) is 23.1 Å². The lowest BCUT2D eigenvalue weighted by molar-refractivity contribution is -0.141. The Balaban J connectivity index is 1.36. The Bertz CT molecular complexity index is 895. The lowest BCUT2D eigenvalue weighted by atomic mass is 9.95. The van der Waals surface area contributed by atoms with Crippen molar-refractivity contribution in [2.45, 2.75) is 63.5 Å². The van der Waals surface area contributed by atoms with Gasteiger partial charge in [0.15, 0.2) is 0 Å². The van der Waals surface area contributed by atoms with Crippen LogP contribution in [0.15, 0.2) is 52.7 Å². The maximum absolute atomic E-state index is 11.3. The third-order valence-corrected chi connectivity index (χ3v) is 6.98. The van der Waals surface area contributed by atoms with E-state index in [-0.39, 0.29) is 12.1 Å². The Labute approximate surface area is 172 Å². The van der Waals surface area contributed by atoms with Crippen molar-refractivity contribution in [3.8, 4) is 0 Å². The maximum Gasteiger partial charge on any atom is 0.306 e. The summed E-state index contributed by atoms with van der Waals surface area (Å²) in [5, 5.41) is 16.5. The van der Waals surface area contributed by atoms with E-state index in [1.165, 1.54) is 42.5 Å². The van der Waals surface area contributed by atoms with Gasteiger partial charge in [-0.3, -0.25) is 4.79 Å². The number of nitrogens with zero attached hydrogens (tertiary/aromatic N) is 1. The minimum Gasteiger partial charge on any atom is -0.481 e. The molecule has 3 aliphatic carbocycles. The molecule has 3 atom stereocenters. The highest BCUT2D eigenvalue weighted by molar-refractivity contribution is 5.89. The standard InChI is InChI=1S/C24H29N3O2/c28-24(29)18-12-11-17(13-18)16-7-3-8-19(14-16)25-23-20-9-4-10-21(20)26-22(27-23)15-5-1-2-6-15/h3,7-10,14-15,17-18,23,25H,1-2,4-6,11-13H2,(H,26,27)(H,28,29). The molecular weight excluding hydrogens is 362 g/mol. The van der Waals surface area contributed by atoms with Crippen LogP contribution in [0.3, 0.4) is 0 Å². The topological polar surface area (TPSA) is 73.7 Å². The zero-order valence-corrected chi connectivity index (χ0v) is 16.7. The van der Waals surface area contributed by atoms with E-state index in [4.69, 9.17) is 4.99 Å². The molecule has 29 heavy (non-hydrogen) atoms. The molecule has 0 aromatic heterocycles. The molecule has 5 rings (SSSR count). The number of nitrogens with one attached hydrogen (secondary N) is 2. The van der Waals surface area contributed by atoms with Crippen LogP contribution in [-0.2, 0) is 4.79 Å². The second kappa shape index (κ2) is 7.69. The number of hydrogen-bond donors (Lipinski definition) is 3. The van der Waals surface area contributed by atoms with E-state index in [2.05, 4.69) is 47.1 Å². The van der Waals surface area contributed by atoms with Crippen LogP contribution in [0.4, 0.5) is 5.69 Å². The first kappa shape index (κ1) is 18.5. The summed E-state index contributed by atoms with van der Waals surface area (Å²) in [4.78, 5) is 16.4. The first-order valence-corrected chi connectivity index (χ1v) is 11.0. The van der Waals surface area contributed by atoms with Gasteiger partial charge in [0.2, 0.25) is 0 Å². The maximum atomic E-state index is 11.3. The largest absolute Gasteiger partial charge is 0.481 e. The fraction of sp³-hybridized carbons (Fsp3) is 0.500. The Morgan fingerprint density at radius 1 is 1.10 bits per heavy atom. The highest BCUT2D eigenvalue weighted by Crippen LogP contribution is 2.39. The molecule has 3 N–H and O–H groups in total. The van der Waals surface area contributed by atoms with Crippen molar-refractivity contribution in [1.82, 2.24) is 5.32 Å². The average Bonchev–Trinajstić information content (AvgIpc) is 3.49. The molecule has 5 heteroatoms. The van der Waals surface area contributed by atoms with Crippen molar-refractivity contribution in [2.24, 2.45) is 16.8 Å². The molecule has 1 aliphatic heterocycles. The second-order valence-corrected chi connectivity index (χ2v) is 8.85. The number of fused-ring (bicyclic) bond motifs is 1. The van der Waals surface area contributed by atoms with Gasteiger partial charge in [0.25, 0.3) is 0 Å². The first-order chi connectivity index (χ1) is 14.2. The second-order valence-electron chi connectivity index (χ2n) is 8.85. The molecule has 2 fully saturated rings. The predicted molar refractivity (Wildman–Crippen MR) is 115 cm³/mol. The van der Waals surface area contributed by atoms with Crippen molar-refractivity contribution in [1.29, 1.82) is 0 Å². The first-order valence-electron chi connectivity index (χ1n) is 11.0. The average molecular weight is 392 g/mol. The fourth-order valence-corrected chi connectivity index (χ4v) is 5.36. The summed E-state index contributed by atoms with van der Waals surface area (Å²) in [5.74, 6) is 1.18. The van der Waals surface area contributed by atoms with Crippen LogP contribution in [0.25, 0.3) is 0 Å². The third-order valence-electron chi connectivity index (χ3n) is 6.98. The van der Waals surface area contributed by atoms with Crippen molar-refractivity contribution in [3.63, 3.8) is 0 Å². The summed E-state index contributed by atoms with van der Waals surface area (Å²) in [5.41, 5.74) is 4.76. The molecule has 4 aliphatic rings. The van der Waals surface area contributed by atoms with E-state index in [1.54, 1.807) is 0 Å². The highest BCUT2D eigenvalue weighted by Gasteiger charge is 2.32. The van der Waals surface area contributed by atoms with Gasteiger partial charge in [-0.15, -0.1) is 0 Å². The van der Waals surface area contributed by atoms with Gasteiger partial charge < -0.3 is 15.7 Å². The number of anilines is 1. The molecule has 0 spiro atoms. The third kappa shape index (κ3) is 3.70. The molecule has 0 bridgehead atoms. The number of aliphatic carboxylic acids is 1. The molecule has 152 valence electrons. The highest BCUT2D eigenvalue weighted by atomic mass is 16.4. The van der Waals surface area contributed by atoms with Crippen LogP contribution in [0.5, 0.6) is 0 Å². The van der Waals surface area contributed by atoms with E-state index in [0.717, 1.165) is 37.2 Å². The molecule has 1 heterocycles. The monoisotopic (exact) mass is 391 g/mol. The van der Waals surface area contributed by atoms with E-state index in [0.29, 0.717) is 11.8 Å². The van der Waals surface area contributed by atoms with Crippen molar-refractivity contribution < 1.29 is 9.90 Å². The zero-order valence-electron chi connectivity index (χ0n) is 16.7. The van der Waals surface area contributed by atoms with Crippen LogP contribution < -0.4 is 10.6 Å². The minimum absolute atomic E-state index is 0.0498. The van der Waals surface area contributed by atoms with Gasteiger partial charge in [0.05, 0.1) is 5.92 Å². The van der Waals surface area contributed by atoms with Gasteiger partial charge >= 0.3 is 5.97 Å². The number of carboxylic acids is 1. The molecule has 0 radical (unpaired) electrons. The van der Waals surface area contributed by atoms with Gasteiger partial charge in [0, 0.05) is 22.9 Å². The summed E-state index contributed by atoms with van der Waals surface area (Å²) < 4.78 is 0. The van der Waals surface area contributed by atoms with Crippen LogP contribution in [0.1, 0.15) is 62.8 Å². The number of aliphatic imine (C=N–C) groups is 1. The number of benzene rings is 1. The zero-order chi connectivity index (χ0) is 19.8. The van der Waals surface area contributed by atoms with E-state index in [1.807, 2.05) is 0 Å². The number of carbonyl (C=O) groups is 1. The minimum atomic E-state index is -0.655. The number of amidine groups is 1. The number of rotatable bonds is 5. The number of hydrogen-bond acceptors (Lipinski definition) is 4. The molecule has 5 nitrogen and oxygen atoms in total. The van der Waals surface area contributed by atoms with Gasteiger partial charge in [-0.1, -0.05) is 37.1 Å². The molecule has 3 unspecified atom stereocenters. The molecule has 2 saturated carbocycles. The van der Waals surface area contributed by atoms with Crippen molar-refractivity contribution in [3.05, 3.63) is 53.3 Å². The van der Waals surface area contributed by atoms with Gasteiger partial charge in [-0.05, 0) is 62.1 Å². The number of allylic oxidation sites excluding steroid dienone is 2. The Kier molecular flexibility index (Phi) is 4.90. The SMILES string of the molecule is O=C(O)C1CCC(c2cccc(NC3N=C(C4CCCC4)NC4=CCC=C43)c2)C1. The molecular formula is C24H29N3O2. The lowest BCUT2D eigenvalue weighted by Gasteiger charge is -2.30. The van der Waals surface area contributed by atoms with Crippen molar-refractivity contribution >= 4 is 17.5 Å². The summed E-state index contributed by atoms with van der Waals surface area (Å²) in [7, 11) is 0. The summed E-state index contributed by atoms with van der Waals surface area (Å²) in [6.45, 7) is 0. The smallest absolute Gasteiger partial charge is 0.306 e. The molecule has 1 aromatic carbocycles. The summed E-state index contributed by atoms with van der Waals surface area (Å²) in [6.07, 6.45) is 13.0. The summed E-state index contributed by atoms with van der Waals surface area (Å²) in [6, 6.07) is 8.50. The van der Waals surface area contributed by atoms with Crippen molar-refractivity contribution in [2.75, 3.05) is 5.32 Å². The van der Waals surface area contributed by atoms with E-state index in [9.17, 15) is 9.90 Å². The van der Waals surface area contributed by atoms with Gasteiger partial charge in [-0.25, -0.2) is 4.99 Å². The lowest BCUT2D eigenvalue weighted by Crippen LogP contribution is -2.39. The van der Waals surface area contributed by atoms with Crippen LogP contribution in [0, 0.1) is 11.8 Å². The van der Waals surface area contributed by atoms with E-state index >= 15 is 0 Å². The van der Waals surface area contributed by atoms with Gasteiger partial charge in [-0.2, -0.15) is 0 Å². The predicted octanol–water partition coefficient (Wildman–Crippen LogP) is 4.80. The van der Waals surface area contributed by atoms with Crippen LogP contribution >= 0.6 is 0 Å². The normalized spacial score (nSPS) is 29.0.